The zero-order valence-corrected chi connectivity index (χ0v) is 20.7. The number of halogens is 1. The number of pyridine rings is 3. The second kappa shape index (κ2) is 9.42. The van der Waals surface area contributed by atoms with Crippen LogP contribution in [0.1, 0.15) is 24.8 Å². The van der Waals surface area contributed by atoms with Crippen LogP contribution in [-0.2, 0) is 6.54 Å². The van der Waals surface area contributed by atoms with E-state index in [9.17, 15) is 0 Å². The van der Waals surface area contributed by atoms with E-state index in [0.717, 1.165) is 47.5 Å². The Morgan fingerprint density at radius 1 is 0.921 bits per heavy atom. The van der Waals surface area contributed by atoms with Crippen molar-refractivity contribution in [1.29, 1.82) is 0 Å². The lowest BCUT2D eigenvalue weighted by Crippen LogP contribution is -2.29. The number of rotatable bonds is 5. The minimum absolute atomic E-state index is 0.360. The van der Waals surface area contributed by atoms with Gasteiger partial charge in [0.2, 0.25) is 0 Å². The van der Waals surface area contributed by atoms with Gasteiger partial charge in [0.15, 0.2) is 11.5 Å². The first-order chi connectivity index (χ1) is 18.7. The third kappa shape index (κ3) is 4.01. The summed E-state index contributed by atoms with van der Waals surface area (Å²) in [5, 5.41) is 7.76. The maximum Gasteiger partial charge on any atom is 0.178 e. The molecular formula is C29H25FN8. The molecule has 9 heteroatoms. The van der Waals surface area contributed by atoms with Crippen LogP contribution in [0.15, 0.2) is 67.3 Å². The smallest absolute Gasteiger partial charge is 0.178 e. The summed E-state index contributed by atoms with van der Waals surface area (Å²) in [4.78, 5) is 23.7. The highest BCUT2D eigenvalue weighted by atomic mass is 19.1. The second-order valence-corrected chi connectivity index (χ2v) is 9.70. The first-order valence-electron chi connectivity index (χ1n) is 12.8. The van der Waals surface area contributed by atoms with Crippen molar-refractivity contribution in [3.63, 3.8) is 0 Å². The summed E-state index contributed by atoms with van der Waals surface area (Å²) >= 11 is 0. The van der Waals surface area contributed by atoms with Crippen molar-refractivity contribution < 1.29 is 4.39 Å². The molecule has 0 spiro atoms. The van der Waals surface area contributed by atoms with Crippen LogP contribution in [-0.4, -0.2) is 53.1 Å². The van der Waals surface area contributed by atoms with Gasteiger partial charge in [-0.2, -0.15) is 5.10 Å². The summed E-state index contributed by atoms with van der Waals surface area (Å²) < 4.78 is 16.2. The Morgan fingerprint density at radius 3 is 2.71 bits per heavy atom. The van der Waals surface area contributed by atoms with Gasteiger partial charge < -0.3 is 4.98 Å². The monoisotopic (exact) mass is 504 g/mol. The molecule has 2 N–H and O–H groups in total. The number of imidazole rings is 1. The fourth-order valence-corrected chi connectivity index (χ4v) is 5.32. The molecule has 6 heterocycles. The van der Waals surface area contributed by atoms with Crippen LogP contribution in [0, 0.1) is 5.82 Å². The summed E-state index contributed by atoms with van der Waals surface area (Å²) in [5.41, 5.74) is 6.22. The molecule has 38 heavy (non-hydrogen) atoms. The SMILES string of the molecule is Fc1c(-c2cncc(CN3CCCCC3)c2)ccc2[nH]nc(-c3nc4nccc(-c5ccccn5)c4[nH]3)c12. The standard InChI is InChI=1S/C29H25FN8/c30-25-20(19-14-18(15-31-16-19)17-38-12-4-1-5-13-38)7-8-23-24(25)27(37-36-23)29-34-26-21(9-11-33-28(26)35-29)22-6-2-3-10-32-22/h2-3,6-11,14-16H,1,4-5,12-13,17H2,(H,36,37)(H,33,34,35). The van der Waals surface area contributed by atoms with E-state index in [4.69, 9.17) is 0 Å². The summed E-state index contributed by atoms with van der Waals surface area (Å²) in [5.74, 6) is 0.0803. The number of nitrogens with zero attached hydrogens (tertiary/aromatic N) is 6. The highest BCUT2D eigenvalue weighted by Crippen LogP contribution is 2.35. The van der Waals surface area contributed by atoms with Crippen molar-refractivity contribution in [1.82, 2.24) is 40.0 Å². The highest BCUT2D eigenvalue weighted by Gasteiger charge is 2.21. The number of H-pyrrole nitrogens is 2. The van der Waals surface area contributed by atoms with Crippen molar-refractivity contribution in [2.45, 2.75) is 25.8 Å². The topological polar surface area (TPSA) is 99.3 Å². The van der Waals surface area contributed by atoms with Crippen molar-refractivity contribution in [3.05, 3.63) is 78.6 Å². The highest BCUT2D eigenvalue weighted by molar-refractivity contribution is 5.97. The lowest BCUT2D eigenvalue weighted by Gasteiger charge is -2.26. The molecule has 1 saturated heterocycles. The number of aromatic nitrogens is 7. The number of benzene rings is 1. The predicted molar refractivity (Wildman–Crippen MR) is 145 cm³/mol. The van der Waals surface area contributed by atoms with Gasteiger partial charge in [-0.25, -0.2) is 14.4 Å². The molecule has 188 valence electrons. The lowest BCUT2D eigenvalue weighted by atomic mass is 10.0. The van der Waals surface area contributed by atoms with Crippen molar-refractivity contribution in [2.75, 3.05) is 13.1 Å². The Balaban J connectivity index is 1.29. The fourth-order valence-electron chi connectivity index (χ4n) is 5.32. The lowest BCUT2D eigenvalue weighted by molar-refractivity contribution is 0.220. The molecule has 0 radical (unpaired) electrons. The first-order valence-corrected chi connectivity index (χ1v) is 12.8. The van der Waals surface area contributed by atoms with E-state index in [-0.39, 0.29) is 5.82 Å². The van der Waals surface area contributed by atoms with E-state index in [1.54, 1.807) is 24.7 Å². The number of hydrogen-bond donors (Lipinski definition) is 2. The quantitative estimate of drug-likeness (QED) is 0.310. The van der Waals surface area contributed by atoms with Gasteiger partial charge in [-0.1, -0.05) is 12.5 Å². The van der Waals surface area contributed by atoms with Crippen LogP contribution in [0.5, 0.6) is 0 Å². The summed E-state index contributed by atoms with van der Waals surface area (Å²) in [6.45, 7) is 3.01. The Morgan fingerprint density at radius 2 is 1.84 bits per heavy atom. The van der Waals surface area contributed by atoms with Gasteiger partial charge in [0.25, 0.3) is 0 Å². The van der Waals surface area contributed by atoms with Crippen LogP contribution in [0.4, 0.5) is 4.39 Å². The number of nitrogens with one attached hydrogen (secondary N) is 2. The molecule has 1 aliphatic rings. The van der Waals surface area contributed by atoms with E-state index in [1.807, 2.05) is 42.6 Å². The Labute approximate surface area is 218 Å². The normalized spacial score (nSPS) is 14.4. The summed E-state index contributed by atoms with van der Waals surface area (Å²) in [6.07, 6.45) is 10.8. The molecule has 1 aromatic carbocycles. The van der Waals surface area contributed by atoms with Crippen molar-refractivity contribution in [3.8, 4) is 33.9 Å². The minimum atomic E-state index is -0.360. The average molecular weight is 505 g/mol. The number of fused-ring (bicyclic) bond motifs is 2. The second-order valence-electron chi connectivity index (χ2n) is 9.70. The van der Waals surface area contributed by atoms with Crippen LogP contribution >= 0.6 is 0 Å². The number of likely N-dealkylation sites (tertiary alicyclic amines) is 1. The molecular weight excluding hydrogens is 479 g/mol. The van der Waals surface area contributed by atoms with E-state index in [2.05, 4.69) is 40.0 Å². The molecule has 7 rings (SSSR count). The molecule has 0 amide bonds. The first kappa shape index (κ1) is 22.7. The summed E-state index contributed by atoms with van der Waals surface area (Å²) in [7, 11) is 0. The fraction of sp³-hybridized carbons (Fsp3) is 0.207. The van der Waals surface area contributed by atoms with E-state index >= 15 is 4.39 Å². The molecule has 6 aromatic rings. The zero-order valence-electron chi connectivity index (χ0n) is 20.7. The van der Waals surface area contributed by atoms with Gasteiger partial charge in [-0.15, -0.1) is 0 Å². The van der Waals surface area contributed by atoms with Gasteiger partial charge in [0.05, 0.1) is 22.1 Å². The number of aromatic amines is 2. The van der Waals surface area contributed by atoms with Crippen LogP contribution in [0.3, 0.4) is 0 Å². The molecule has 5 aromatic heterocycles. The zero-order chi connectivity index (χ0) is 25.5. The van der Waals surface area contributed by atoms with Gasteiger partial charge >= 0.3 is 0 Å². The third-order valence-electron chi connectivity index (χ3n) is 7.18. The largest absolute Gasteiger partial charge is 0.335 e. The molecule has 0 aliphatic carbocycles. The molecule has 0 bridgehead atoms. The number of piperidine rings is 1. The molecule has 1 fully saturated rings. The van der Waals surface area contributed by atoms with E-state index in [1.165, 1.54) is 19.3 Å². The van der Waals surface area contributed by atoms with Gasteiger partial charge in [0.1, 0.15) is 11.5 Å². The molecule has 0 saturated carbocycles. The Bertz CT molecular complexity index is 1750. The molecule has 0 atom stereocenters. The van der Waals surface area contributed by atoms with E-state index < -0.39 is 0 Å². The van der Waals surface area contributed by atoms with Gasteiger partial charge in [-0.05, 0) is 67.9 Å². The minimum Gasteiger partial charge on any atom is -0.335 e. The van der Waals surface area contributed by atoms with Crippen LogP contribution in [0.2, 0.25) is 0 Å². The maximum atomic E-state index is 16.2. The average Bonchev–Trinajstić information content (AvgIpc) is 3.59. The Kier molecular flexibility index (Phi) is 5.62. The Hall–Kier alpha value is -4.50. The molecule has 0 unspecified atom stereocenters. The van der Waals surface area contributed by atoms with Gasteiger partial charge in [0, 0.05) is 48.0 Å². The van der Waals surface area contributed by atoms with Gasteiger partial charge in [-0.3, -0.25) is 20.0 Å². The molecule has 1 aliphatic heterocycles. The summed E-state index contributed by atoms with van der Waals surface area (Å²) in [6, 6.07) is 13.3. The predicted octanol–water partition coefficient (Wildman–Crippen LogP) is 5.75. The third-order valence-corrected chi connectivity index (χ3v) is 7.18. The van der Waals surface area contributed by atoms with Crippen LogP contribution in [0.25, 0.3) is 56.0 Å². The maximum absolute atomic E-state index is 16.2. The van der Waals surface area contributed by atoms with Crippen molar-refractivity contribution >= 4 is 22.1 Å². The van der Waals surface area contributed by atoms with Crippen LogP contribution < -0.4 is 0 Å². The van der Waals surface area contributed by atoms with E-state index in [0.29, 0.717) is 33.6 Å². The molecule has 8 nitrogen and oxygen atoms in total. The van der Waals surface area contributed by atoms with Crippen molar-refractivity contribution in [2.24, 2.45) is 0 Å². The number of hydrogen-bond acceptors (Lipinski definition) is 6.